The van der Waals surface area contributed by atoms with Gasteiger partial charge in [0.1, 0.15) is 5.17 Å². The molecule has 0 aromatic carbocycles. The second kappa shape index (κ2) is 3.38. The van der Waals surface area contributed by atoms with Crippen LogP contribution in [0.4, 0.5) is 0 Å². The summed E-state index contributed by atoms with van der Waals surface area (Å²) in [7, 11) is 0. The van der Waals surface area contributed by atoms with Crippen molar-refractivity contribution in [2.24, 2.45) is 4.99 Å². The van der Waals surface area contributed by atoms with Gasteiger partial charge in [0, 0.05) is 0 Å². The third-order valence-corrected chi connectivity index (χ3v) is 3.74. The van der Waals surface area contributed by atoms with Crippen molar-refractivity contribution in [1.82, 2.24) is 0 Å². The molecule has 0 unspecified atom stereocenters. The first-order chi connectivity index (χ1) is 5.26. The minimum Gasteiger partial charge on any atom is -0.230 e. The number of alkyl halides is 4. The summed E-state index contributed by atoms with van der Waals surface area (Å²) in [5.74, 6) is 0. The lowest BCUT2D eigenvalue weighted by atomic mass is 10.3. The van der Waals surface area contributed by atoms with Gasteiger partial charge >= 0.3 is 0 Å². The number of hydrogen-bond acceptors (Lipinski definition) is 1. The molecular formula is C5HCl6N. The molecule has 0 aromatic heterocycles. The Morgan fingerprint density at radius 2 is 1.58 bits per heavy atom. The smallest absolute Gasteiger partial charge is 0.230 e. The summed E-state index contributed by atoms with van der Waals surface area (Å²) in [6.45, 7) is 0. The zero-order valence-electron chi connectivity index (χ0n) is 5.29. The predicted octanol–water partition coefficient (Wildman–Crippen LogP) is 4.07. The molecule has 0 amide bonds. The molecule has 7 heteroatoms. The molecule has 68 valence electrons. The quantitative estimate of drug-likeness (QED) is 0.470. The van der Waals surface area contributed by atoms with Crippen LogP contribution in [0.1, 0.15) is 0 Å². The number of nitrogens with zero attached hydrogens (tertiary/aromatic N) is 1. The molecule has 0 fully saturated rings. The lowest BCUT2D eigenvalue weighted by Gasteiger charge is -2.29. The minimum absolute atomic E-state index is 0.0152. The summed E-state index contributed by atoms with van der Waals surface area (Å²) in [6, 6.07) is 0. The highest BCUT2D eigenvalue weighted by molar-refractivity contribution is 6.78. The fraction of sp³-hybridized carbons (Fsp3) is 0.400. The molecule has 0 saturated carbocycles. The van der Waals surface area contributed by atoms with Crippen LogP contribution in [-0.4, -0.2) is 14.0 Å². The molecule has 0 spiro atoms. The minimum atomic E-state index is -1.70. The molecule has 0 saturated heterocycles. The second-order valence-electron chi connectivity index (χ2n) is 2.06. The molecule has 12 heavy (non-hydrogen) atoms. The van der Waals surface area contributed by atoms with Crippen LogP contribution in [0, 0.1) is 0 Å². The van der Waals surface area contributed by atoms with E-state index in [9.17, 15) is 0 Å². The van der Waals surface area contributed by atoms with Crippen molar-refractivity contribution in [3.05, 3.63) is 11.1 Å². The van der Waals surface area contributed by atoms with E-state index in [1.165, 1.54) is 6.08 Å². The fourth-order valence-corrected chi connectivity index (χ4v) is 1.72. The summed E-state index contributed by atoms with van der Waals surface area (Å²) in [4.78, 5) is 3.60. The fourth-order valence-electron chi connectivity index (χ4n) is 0.557. The van der Waals surface area contributed by atoms with E-state index in [0.29, 0.717) is 0 Å². The summed E-state index contributed by atoms with van der Waals surface area (Å²) in [5.41, 5.74) is 0. The molecule has 0 bridgehead atoms. The first kappa shape index (κ1) is 11.2. The Bertz CT molecular complexity index is 237. The van der Waals surface area contributed by atoms with Gasteiger partial charge in [-0.05, 0) is 6.08 Å². The average Bonchev–Trinajstić information content (AvgIpc) is 1.82. The van der Waals surface area contributed by atoms with Crippen molar-refractivity contribution in [2.45, 2.75) is 8.79 Å². The van der Waals surface area contributed by atoms with E-state index in [4.69, 9.17) is 69.6 Å². The normalized spacial score (nSPS) is 26.2. The first-order valence-corrected chi connectivity index (χ1v) is 4.93. The monoisotopic (exact) mass is 285 g/mol. The molecule has 1 rings (SSSR count). The van der Waals surface area contributed by atoms with Gasteiger partial charge in [0.25, 0.3) is 0 Å². The van der Waals surface area contributed by atoms with Crippen LogP contribution < -0.4 is 0 Å². The van der Waals surface area contributed by atoms with Gasteiger partial charge in [-0.2, -0.15) is 0 Å². The Morgan fingerprint density at radius 3 is 2.00 bits per heavy atom. The lowest BCUT2D eigenvalue weighted by Crippen LogP contribution is -2.36. The maximum atomic E-state index is 5.70. The summed E-state index contributed by atoms with van der Waals surface area (Å²) in [6.07, 6.45) is 1.23. The third-order valence-electron chi connectivity index (χ3n) is 1.14. The molecule has 1 nitrogen and oxygen atoms in total. The van der Waals surface area contributed by atoms with Crippen LogP contribution in [0.15, 0.2) is 16.1 Å². The van der Waals surface area contributed by atoms with Crippen LogP contribution in [0.2, 0.25) is 0 Å². The summed E-state index contributed by atoms with van der Waals surface area (Å²) >= 11 is 33.8. The second-order valence-corrected chi connectivity index (χ2v) is 5.50. The van der Waals surface area contributed by atoms with Gasteiger partial charge in [-0.15, -0.1) is 0 Å². The van der Waals surface area contributed by atoms with Crippen LogP contribution in [-0.2, 0) is 0 Å². The maximum absolute atomic E-state index is 5.70. The van der Waals surface area contributed by atoms with Crippen molar-refractivity contribution < 1.29 is 0 Å². The lowest BCUT2D eigenvalue weighted by molar-refractivity contribution is 0.784. The van der Waals surface area contributed by atoms with Crippen molar-refractivity contribution in [1.29, 1.82) is 0 Å². The SMILES string of the molecule is ClC1=CC(Cl)(Cl)C(Cl)(Cl)N=C1Cl. The van der Waals surface area contributed by atoms with E-state index in [1.54, 1.807) is 0 Å². The van der Waals surface area contributed by atoms with E-state index in [2.05, 4.69) is 4.99 Å². The number of halogens is 6. The highest BCUT2D eigenvalue weighted by atomic mass is 35.5. The summed E-state index contributed by atoms with van der Waals surface area (Å²) < 4.78 is -3.27. The maximum Gasteiger partial charge on any atom is 0.245 e. The molecule has 0 aliphatic carbocycles. The largest absolute Gasteiger partial charge is 0.245 e. The van der Waals surface area contributed by atoms with Crippen molar-refractivity contribution in [2.75, 3.05) is 0 Å². The van der Waals surface area contributed by atoms with Crippen molar-refractivity contribution in [3.8, 4) is 0 Å². The average molecular weight is 288 g/mol. The number of allylic oxidation sites excluding steroid dienone is 1. The Hall–Kier alpha value is 1.15. The van der Waals surface area contributed by atoms with Crippen LogP contribution in [0.3, 0.4) is 0 Å². The highest BCUT2D eigenvalue weighted by Gasteiger charge is 2.48. The number of aliphatic imine (C=N–C) groups is 1. The van der Waals surface area contributed by atoms with Crippen molar-refractivity contribution >= 4 is 74.8 Å². The number of dihydropyridines is 1. The van der Waals surface area contributed by atoms with Gasteiger partial charge in [-0.3, -0.25) is 0 Å². The highest BCUT2D eigenvalue weighted by Crippen LogP contribution is 2.48. The topological polar surface area (TPSA) is 12.4 Å². The standard InChI is InChI=1S/C5HCl6N/c6-2-1-4(8,9)5(10,11)12-3(2)7/h1H. The zero-order valence-corrected chi connectivity index (χ0v) is 9.83. The van der Waals surface area contributed by atoms with Gasteiger partial charge in [0.15, 0.2) is 4.33 Å². The predicted molar refractivity (Wildman–Crippen MR) is 56.1 cm³/mol. The van der Waals surface area contributed by atoms with E-state index >= 15 is 0 Å². The van der Waals surface area contributed by atoms with E-state index in [-0.39, 0.29) is 10.2 Å². The van der Waals surface area contributed by atoms with E-state index < -0.39 is 8.79 Å². The summed E-state index contributed by atoms with van der Waals surface area (Å²) in [5, 5.41) is 0.109. The van der Waals surface area contributed by atoms with E-state index in [0.717, 1.165) is 0 Å². The first-order valence-electron chi connectivity index (χ1n) is 2.66. The van der Waals surface area contributed by atoms with Gasteiger partial charge in [-0.1, -0.05) is 69.6 Å². The van der Waals surface area contributed by atoms with Crippen LogP contribution in [0.25, 0.3) is 0 Å². The molecular weight excluding hydrogens is 287 g/mol. The molecule has 1 aliphatic rings. The van der Waals surface area contributed by atoms with Gasteiger partial charge < -0.3 is 0 Å². The number of rotatable bonds is 0. The Kier molecular flexibility index (Phi) is 3.16. The molecule has 0 aromatic rings. The Labute approximate surface area is 99.2 Å². The van der Waals surface area contributed by atoms with Gasteiger partial charge in [0.2, 0.25) is 4.46 Å². The third kappa shape index (κ3) is 1.97. The molecule has 0 N–H and O–H groups in total. The molecule has 1 aliphatic heterocycles. The Balaban J connectivity index is 3.15. The van der Waals surface area contributed by atoms with Crippen LogP contribution in [0.5, 0.6) is 0 Å². The van der Waals surface area contributed by atoms with Crippen LogP contribution >= 0.6 is 69.6 Å². The van der Waals surface area contributed by atoms with E-state index in [1.807, 2.05) is 0 Å². The van der Waals surface area contributed by atoms with Gasteiger partial charge in [0.05, 0.1) is 5.03 Å². The number of hydrogen-bond donors (Lipinski definition) is 0. The molecule has 0 radical (unpaired) electrons. The Morgan fingerprint density at radius 1 is 1.08 bits per heavy atom. The van der Waals surface area contributed by atoms with Gasteiger partial charge in [-0.25, -0.2) is 4.99 Å². The molecule has 0 atom stereocenters. The van der Waals surface area contributed by atoms with Crippen molar-refractivity contribution in [3.63, 3.8) is 0 Å². The zero-order chi connectivity index (χ0) is 9.57. The molecule has 1 heterocycles.